The highest BCUT2D eigenvalue weighted by atomic mass is 15.5. The lowest BCUT2D eigenvalue weighted by atomic mass is 10.5. The van der Waals surface area contributed by atoms with E-state index in [4.69, 9.17) is 10.9 Å². The standard InChI is InChI=1S/C4H10N4/c1-2-3-8(4-5)7-6/h4-6H,2-3H2,1H3. The summed E-state index contributed by atoms with van der Waals surface area (Å²) in [6, 6.07) is 0. The third-order valence-electron chi connectivity index (χ3n) is 0.730. The van der Waals surface area contributed by atoms with Crippen molar-refractivity contribution in [3.8, 4) is 0 Å². The van der Waals surface area contributed by atoms with E-state index in [1.54, 1.807) is 0 Å². The number of rotatable bonds is 4. The van der Waals surface area contributed by atoms with E-state index < -0.39 is 0 Å². The highest BCUT2D eigenvalue weighted by Crippen LogP contribution is 1.84. The maximum Gasteiger partial charge on any atom is 0.105 e. The Morgan fingerprint density at radius 3 is 2.50 bits per heavy atom. The van der Waals surface area contributed by atoms with Crippen LogP contribution in [0.2, 0.25) is 0 Å². The summed E-state index contributed by atoms with van der Waals surface area (Å²) < 4.78 is 0. The van der Waals surface area contributed by atoms with Crippen molar-refractivity contribution >= 4 is 6.34 Å². The Balaban J connectivity index is 3.35. The van der Waals surface area contributed by atoms with Crippen LogP contribution < -0.4 is 0 Å². The SMILES string of the molecule is CCCN(C=N)N=N. The zero-order chi connectivity index (χ0) is 6.41. The lowest BCUT2D eigenvalue weighted by molar-refractivity contribution is 0.413. The van der Waals surface area contributed by atoms with Gasteiger partial charge in [0, 0.05) is 6.54 Å². The van der Waals surface area contributed by atoms with Crippen molar-refractivity contribution in [2.24, 2.45) is 5.22 Å². The number of hydrogen-bond donors (Lipinski definition) is 2. The van der Waals surface area contributed by atoms with E-state index in [2.05, 4.69) is 5.22 Å². The molecular formula is C4H10N4. The maximum atomic E-state index is 6.65. The molecule has 2 N–H and O–H groups in total. The van der Waals surface area contributed by atoms with Crippen LogP contribution in [0.1, 0.15) is 13.3 Å². The van der Waals surface area contributed by atoms with Gasteiger partial charge in [-0.25, -0.2) is 5.01 Å². The van der Waals surface area contributed by atoms with Gasteiger partial charge in [0.05, 0.1) is 0 Å². The first-order chi connectivity index (χ1) is 3.85. The summed E-state index contributed by atoms with van der Waals surface area (Å²) in [6.45, 7) is 2.63. The molecule has 0 saturated carbocycles. The Morgan fingerprint density at radius 1 is 1.75 bits per heavy atom. The molecule has 0 heterocycles. The predicted molar refractivity (Wildman–Crippen MR) is 30.9 cm³/mol. The second-order valence-electron chi connectivity index (χ2n) is 1.39. The first-order valence-corrected chi connectivity index (χ1v) is 2.49. The summed E-state index contributed by atoms with van der Waals surface area (Å²) >= 11 is 0. The summed E-state index contributed by atoms with van der Waals surface area (Å²) in [7, 11) is 0. The van der Waals surface area contributed by atoms with Crippen molar-refractivity contribution < 1.29 is 0 Å². The van der Waals surface area contributed by atoms with Crippen LogP contribution in [0.4, 0.5) is 0 Å². The van der Waals surface area contributed by atoms with Gasteiger partial charge in [-0.05, 0) is 6.42 Å². The highest BCUT2D eigenvalue weighted by molar-refractivity contribution is 5.49. The van der Waals surface area contributed by atoms with Crippen LogP contribution in [-0.2, 0) is 0 Å². The number of nitrogens with zero attached hydrogens (tertiary/aromatic N) is 2. The normalized spacial score (nSPS) is 8.12. The Kier molecular flexibility index (Phi) is 3.74. The minimum Gasteiger partial charge on any atom is -0.290 e. The van der Waals surface area contributed by atoms with Crippen molar-refractivity contribution in [3.63, 3.8) is 0 Å². The summed E-state index contributed by atoms with van der Waals surface area (Å²) in [6.07, 6.45) is 1.95. The van der Waals surface area contributed by atoms with Crippen molar-refractivity contribution in [3.05, 3.63) is 0 Å². The van der Waals surface area contributed by atoms with E-state index in [1.165, 1.54) is 5.01 Å². The molecule has 0 amide bonds. The van der Waals surface area contributed by atoms with Crippen LogP contribution >= 0.6 is 0 Å². The van der Waals surface area contributed by atoms with Crippen molar-refractivity contribution in [1.29, 1.82) is 10.9 Å². The van der Waals surface area contributed by atoms with E-state index in [9.17, 15) is 0 Å². The molecule has 0 bridgehead atoms. The topological polar surface area (TPSA) is 63.3 Å². The van der Waals surface area contributed by atoms with Gasteiger partial charge in [0.1, 0.15) is 6.34 Å². The van der Waals surface area contributed by atoms with E-state index >= 15 is 0 Å². The summed E-state index contributed by atoms with van der Waals surface area (Å²) in [5, 5.41) is 11.0. The third kappa shape index (κ3) is 2.28. The van der Waals surface area contributed by atoms with Gasteiger partial charge in [0.25, 0.3) is 0 Å². The summed E-state index contributed by atoms with van der Waals surface area (Å²) in [4.78, 5) is 0. The molecule has 0 spiro atoms. The average molecular weight is 114 g/mol. The van der Waals surface area contributed by atoms with E-state index in [0.29, 0.717) is 6.54 Å². The molecule has 4 nitrogen and oxygen atoms in total. The molecular weight excluding hydrogens is 104 g/mol. The van der Waals surface area contributed by atoms with Crippen molar-refractivity contribution in [2.75, 3.05) is 6.54 Å². The fourth-order valence-corrected chi connectivity index (χ4v) is 0.373. The predicted octanol–water partition coefficient (Wildman–Crippen LogP) is 1.25. The van der Waals surface area contributed by atoms with E-state index in [0.717, 1.165) is 12.8 Å². The van der Waals surface area contributed by atoms with Gasteiger partial charge in [-0.2, -0.15) is 5.53 Å². The van der Waals surface area contributed by atoms with E-state index in [-0.39, 0.29) is 0 Å². The smallest absolute Gasteiger partial charge is 0.105 e. The van der Waals surface area contributed by atoms with E-state index in [1.807, 2.05) is 6.92 Å². The van der Waals surface area contributed by atoms with Crippen LogP contribution in [0.25, 0.3) is 0 Å². The molecule has 0 atom stereocenters. The minimum absolute atomic E-state index is 0.660. The molecule has 0 aromatic rings. The largest absolute Gasteiger partial charge is 0.290 e. The molecule has 0 fully saturated rings. The second-order valence-corrected chi connectivity index (χ2v) is 1.39. The Bertz CT molecular complexity index is 72.1. The van der Waals surface area contributed by atoms with Crippen LogP contribution in [0.5, 0.6) is 0 Å². The first-order valence-electron chi connectivity index (χ1n) is 2.49. The fraction of sp³-hybridized carbons (Fsp3) is 0.750. The Hall–Kier alpha value is -0.930. The zero-order valence-corrected chi connectivity index (χ0v) is 4.89. The zero-order valence-electron chi connectivity index (χ0n) is 4.89. The van der Waals surface area contributed by atoms with Crippen LogP contribution in [0.3, 0.4) is 0 Å². The monoisotopic (exact) mass is 114 g/mol. The van der Waals surface area contributed by atoms with Crippen LogP contribution in [0.15, 0.2) is 5.22 Å². The molecule has 8 heavy (non-hydrogen) atoms. The lowest BCUT2D eigenvalue weighted by Gasteiger charge is -2.05. The molecule has 0 unspecified atom stereocenters. The van der Waals surface area contributed by atoms with Gasteiger partial charge in [-0.15, -0.1) is 0 Å². The quantitative estimate of drug-likeness (QED) is 0.245. The Labute approximate surface area is 48.5 Å². The number of nitrogens with one attached hydrogen (secondary N) is 2. The fourth-order valence-electron chi connectivity index (χ4n) is 0.373. The molecule has 46 valence electrons. The second kappa shape index (κ2) is 4.23. The maximum absolute atomic E-state index is 6.65. The summed E-state index contributed by atoms with van der Waals surface area (Å²) in [5.74, 6) is 0. The minimum atomic E-state index is 0.660. The molecule has 0 rings (SSSR count). The van der Waals surface area contributed by atoms with Gasteiger partial charge >= 0.3 is 0 Å². The van der Waals surface area contributed by atoms with Crippen molar-refractivity contribution in [1.82, 2.24) is 5.01 Å². The third-order valence-corrected chi connectivity index (χ3v) is 0.730. The molecule has 0 aliphatic rings. The molecule has 4 heteroatoms. The van der Waals surface area contributed by atoms with Gasteiger partial charge in [-0.1, -0.05) is 12.1 Å². The molecule has 0 aromatic heterocycles. The van der Waals surface area contributed by atoms with Crippen LogP contribution in [0, 0.1) is 10.9 Å². The highest BCUT2D eigenvalue weighted by Gasteiger charge is 1.89. The average Bonchev–Trinajstić information content (AvgIpc) is 1.83. The molecule has 0 aromatic carbocycles. The summed E-state index contributed by atoms with van der Waals surface area (Å²) in [5.41, 5.74) is 6.46. The van der Waals surface area contributed by atoms with Crippen LogP contribution in [-0.4, -0.2) is 17.9 Å². The van der Waals surface area contributed by atoms with Crippen molar-refractivity contribution in [2.45, 2.75) is 13.3 Å². The number of hydrogen-bond acceptors (Lipinski definition) is 3. The first kappa shape index (κ1) is 7.07. The lowest BCUT2D eigenvalue weighted by Crippen LogP contribution is -2.13. The molecule has 0 aliphatic carbocycles. The van der Waals surface area contributed by atoms with Gasteiger partial charge in [0.2, 0.25) is 0 Å². The van der Waals surface area contributed by atoms with Gasteiger partial charge < -0.3 is 0 Å². The van der Waals surface area contributed by atoms with Gasteiger partial charge in [0.15, 0.2) is 0 Å². The molecule has 0 aliphatic heterocycles. The van der Waals surface area contributed by atoms with Gasteiger partial charge in [-0.3, -0.25) is 5.41 Å². The molecule has 0 saturated heterocycles. The Morgan fingerprint density at radius 2 is 2.38 bits per heavy atom. The molecule has 0 radical (unpaired) electrons.